The molecule has 1 heterocycles. The van der Waals surface area contributed by atoms with Crippen LogP contribution >= 0.6 is 0 Å². The molecule has 0 fully saturated rings. The average molecular weight is 812 g/mol. The Hall–Kier alpha value is -5.71. The van der Waals surface area contributed by atoms with Crippen molar-refractivity contribution in [2.24, 2.45) is 7.05 Å². The maximum atomic E-state index is 13.9. The zero-order valence-corrected chi connectivity index (χ0v) is 34.4. The SMILES string of the molecule is Cn1cc(C[C@H](NC(=O)[C@H](CC(=O)OC(C)(C)C)NC(=O)OCc2ccccc2)C(=O)NCC(=O)N[C@H](/C=C/S(C)(=O)=O)CC(=O)OC(C)(C)C)c2ccccc21. The highest BCUT2D eigenvalue weighted by Crippen LogP contribution is 2.22. The van der Waals surface area contributed by atoms with E-state index in [9.17, 15) is 37.2 Å². The lowest BCUT2D eigenvalue weighted by Gasteiger charge is -2.25. The van der Waals surface area contributed by atoms with Gasteiger partial charge >= 0.3 is 18.0 Å². The maximum Gasteiger partial charge on any atom is 0.408 e. The van der Waals surface area contributed by atoms with Crippen LogP contribution in [0, 0.1) is 0 Å². The normalized spacial score (nSPS) is 13.5. The van der Waals surface area contributed by atoms with Crippen molar-refractivity contribution in [2.75, 3.05) is 12.8 Å². The van der Waals surface area contributed by atoms with Crippen LogP contribution in [-0.4, -0.2) is 90.9 Å². The number of nitrogens with zero attached hydrogens (tertiary/aromatic N) is 1. The zero-order chi connectivity index (χ0) is 42.6. The van der Waals surface area contributed by atoms with Crippen molar-refractivity contribution >= 4 is 56.5 Å². The number of fused-ring (bicyclic) bond motifs is 1. The van der Waals surface area contributed by atoms with Crippen molar-refractivity contribution in [2.45, 2.75) is 96.7 Å². The predicted octanol–water partition coefficient (Wildman–Crippen LogP) is 3.12. The molecule has 0 aliphatic rings. The van der Waals surface area contributed by atoms with Crippen LogP contribution in [0.4, 0.5) is 4.79 Å². The van der Waals surface area contributed by atoms with Crippen LogP contribution in [0.1, 0.15) is 65.5 Å². The third-order valence-electron chi connectivity index (χ3n) is 7.78. The van der Waals surface area contributed by atoms with E-state index in [-0.39, 0.29) is 13.0 Å². The first-order valence-corrected chi connectivity index (χ1v) is 20.1. The molecule has 0 saturated carbocycles. The van der Waals surface area contributed by atoms with Gasteiger partial charge in [0.25, 0.3) is 0 Å². The first-order valence-electron chi connectivity index (χ1n) is 18.2. The van der Waals surface area contributed by atoms with Gasteiger partial charge in [-0.05, 0) is 58.7 Å². The van der Waals surface area contributed by atoms with Gasteiger partial charge in [-0.3, -0.25) is 24.0 Å². The summed E-state index contributed by atoms with van der Waals surface area (Å²) in [7, 11) is -1.81. The smallest absolute Gasteiger partial charge is 0.408 e. The molecule has 0 saturated heterocycles. The summed E-state index contributed by atoms with van der Waals surface area (Å²) in [6, 6.07) is 12.2. The Balaban J connectivity index is 1.85. The molecule has 17 heteroatoms. The summed E-state index contributed by atoms with van der Waals surface area (Å²) in [5.74, 6) is -4.00. The number of aryl methyl sites for hydroxylation is 1. The molecule has 4 N–H and O–H groups in total. The van der Waals surface area contributed by atoms with Crippen molar-refractivity contribution in [1.82, 2.24) is 25.8 Å². The summed E-state index contributed by atoms with van der Waals surface area (Å²) in [5.41, 5.74) is 0.448. The number of sulfone groups is 1. The van der Waals surface area contributed by atoms with Crippen LogP contribution in [0.5, 0.6) is 0 Å². The fraction of sp³-hybridized carbons (Fsp3) is 0.450. The molecule has 57 heavy (non-hydrogen) atoms. The number of ether oxygens (including phenoxy) is 3. The van der Waals surface area contributed by atoms with Gasteiger partial charge in [0.2, 0.25) is 17.7 Å². The van der Waals surface area contributed by atoms with E-state index in [1.54, 1.807) is 78.1 Å². The standard InChI is InChI=1S/C40H53N5O11S/c1-39(2,3)55-34(47)21-28(18-19-57(8,52)53)42-33(46)23-41-36(49)30(20-27-24-45(7)32-17-13-12-16-29(27)32)43-37(50)31(22-35(48)56-40(4,5)6)44-38(51)54-25-26-14-10-9-11-15-26/h9-19,24,28,30-31H,20-23,25H2,1-8H3,(H,41,49)(H,42,46)(H,43,50)(H,44,51)/b19-18+/t28-,30+,31+/m1/s1. The van der Waals surface area contributed by atoms with Gasteiger partial charge in [-0.15, -0.1) is 0 Å². The molecule has 0 unspecified atom stereocenters. The molecule has 0 bridgehead atoms. The second kappa shape index (κ2) is 19.9. The quantitative estimate of drug-likeness (QED) is 0.115. The van der Waals surface area contributed by atoms with Gasteiger partial charge in [-0.1, -0.05) is 54.6 Å². The number of alkyl carbamates (subject to hydrolysis) is 1. The lowest BCUT2D eigenvalue weighted by molar-refractivity contribution is -0.157. The molecule has 310 valence electrons. The topological polar surface area (TPSA) is 217 Å². The molecular weight excluding hydrogens is 759 g/mol. The molecule has 3 atom stereocenters. The fourth-order valence-corrected chi connectivity index (χ4v) is 5.95. The van der Waals surface area contributed by atoms with E-state index < -0.39 is 94.3 Å². The first-order chi connectivity index (χ1) is 26.5. The molecule has 0 aliphatic heterocycles. The Kier molecular flexibility index (Phi) is 16.0. The maximum absolute atomic E-state index is 13.9. The first kappa shape index (κ1) is 45.7. The number of carbonyl (C=O) groups excluding carboxylic acids is 6. The van der Waals surface area contributed by atoms with Gasteiger partial charge in [-0.2, -0.15) is 0 Å². The number of benzene rings is 2. The minimum atomic E-state index is -3.62. The molecule has 2 aromatic carbocycles. The summed E-state index contributed by atoms with van der Waals surface area (Å²) in [6.07, 6.45) is 1.79. The monoisotopic (exact) mass is 811 g/mol. The Morgan fingerprint density at radius 3 is 1.98 bits per heavy atom. The van der Waals surface area contributed by atoms with E-state index in [1.165, 1.54) is 0 Å². The predicted molar refractivity (Wildman–Crippen MR) is 212 cm³/mol. The van der Waals surface area contributed by atoms with Crippen molar-refractivity contribution in [3.05, 3.63) is 83.4 Å². The molecule has 16 nitrogen and oxygen atoms in total. The molecule has 1 aromatic heterocycles. The average Bonchev–Trinajstić information content (AvgIpc) is 3.41. The van der Waals surface area contributed by atoms with Gasteiger partial charge < -0.3 is 40.0 Å². The fourth-order valence-electron chi connectivity index (χ4n) is 5.47. The number of nitrogens with one attached hydrogen (secondary N) is 4. The van der Waals surface area contributed by atoms with E-state index in [2.05, 4.69) is 21.3 Å². The number of amides is 4. The lowest BCUT2D eigenvalue weighted by atomic mass is 10.0. The van der Waals surface area contributed by atoms with E-state index in [0.29, 0.717) is 11.1 Å². The Bertz CT molecular complexity index is 2050. The second-order valence-corrected chi connectivity index (χ2v) is 17.4. The Morgan fingerprint density at radius 1 is 0.772 bits per heavy atom. The zero-order valence-electron chi connectivity index (χ0n) is 33.5. The molecule has 3 rings (SSSR count). The highest BCUT2D eigenvalue weighted by Gasteiger charge is 2.32. The van der Waals surface area contributed by atoms with Gasteiger partial charge in [-0.25, -0.2) is 13.2 Å². The van der Waals surface area contributed by atoms with Crippen LogP contribution in [0.3, 0.4) is 0 Å². The summed E-state index contributed by atoms with van der Waals surface area (Å²) in [4.78, 5) is 79.2. The third kappa shape index (κ3) is 16.9. The minimum absolute atomic E-state index is 0.0729. The summed E-state index contributed by atoms with van der Waals surface area (Å²) in [5, 5.41) is 11.7. The molecular formula is C40H53N5O11S. The van der Waals surface area contributed by atoms with Crippen LogP contribution in [-0.2, 0) is 68.1 Å². The molecule has 3 aromatic rings. The number of para-hydroxylation sites is 1. The highest BCUT2D eigenvalue weighted by atomic mass is 32.2. The number of hydrogen-bond acceptors (Lipinski definition) is 11. The van der Waals surface area contributed by atoms with Crippen molar-refractivity contribution < 1.29 is 51.4 Å². The minimum Gasteiger partial charge on any atom is -0.460 e. The molecule has 0 aliphatic carbocycles. The van der Waals surface area contributed by atoms with E-state index in [4.69, 9.17) is 14.2 Å². The van der Waals surface area contributed by atoms with E-state index in [0.717, 1.165) is 28.6 Å². The van der Waals surface area contributed by atoms with Gasteiger partial charge in [0.05, 0.1) is 25.4 Å². The largest absolute Gasteiger partial charge is 0.460 e. The van der Waals surface area contributed by atoms with Gasteiger partial charge in [0.15, 0.2) is 9.84 Å². The third-order valence-corrected chi connectivity index (χ3v) is 8.43. The van der Waals surface area contributed by atoms with Crippen LogP contribution < -0.4 is 21.3 Å². The van der Waals surface area contributed by atoms with Crippen molar-refractivity contribution in [1.29, 1.82) is 0 Å². The van der Waals surface area contributed by atoms with Crippen molar-refractivity contribution in [3.8, 4) is 0 Å². The van der Waals surface area contributed by atoms with Crippen LogP contribution in [0.25, 0.3) is 10.9 Å². The lowest BCUT2D eigenvalue weighted by Crippen LogP contribution is -2.56. The van der Waals surface area contributed by atoms with E-state index in [1.807, 2.05) is 35.9 Å². The number of carbonyl (C=O) groups is 6. The number of aromatic nitrogens is 1. The number of hydrogen-bond donors (Lipinski definition) is 4. The van der Waals surface area contributed by atoms with Gasteiger partial charge in [0, 0.05) is 42.2 Å². The number of rotatable bonds is 17. The Labute approximate surface area is 333 Å². The van der Waals surface area contributed by atoms with Gasteiger partial charge in [0.1, 0.15) is 29.9 Å². The van der Waals surface area contributed by atoms with E-state index >= 15 is 0 Å². The second-order valence-electron chi connectivity index (χ2n) is 15.4. The summed E-state index contributed by atoms with van der Waals surface area (Å²) >= 11 is 0. The van der Waals surface area contributed by atoms with Crippen molar-refractivity contribution in [3.63, 3.8) is 0 Å². The Morgan fingerprint density at radius 2 is 1.37 bits per heavy atom. The molecule has 0 spiro atoms. The summed E-state index contributed by atoms with van der Waals surface area (Å²) < 4.78 is 41.5. The molecule has 0 radical (unpaired) electrons. The summed E-state index contributed by atoms with van der Waals surface area (Å²) in [6.45, 7) is 9.13. The number of esters is 2. The molecule has 4 amide bonds. The van der Waals surface area contributed by atoms with Crippen LogP contribution in [0.15, 0.2) is 72.3 Å². The highest BCUT2D eigenvalue weighted by molar-refractivity contribution is 7.93. The van der Waals surface area contributed by atoms with Crippen LogP contribution in [0.2, 0.25) is 0 Å².